The molecule has 7 nitrogen and oxygen atoms in total. The molecule has 2 aliphatic heterocycles. The van der Waals surface area contributed by atoms with Gasteiger partial charge in [-0.2, -0.15) is 0 Å². The van der Waals surface area contributed by atoms with Gasteiger partial charge in [0, 0.05) is 18.2 Å². The molecule has 3 heterocycles. The first-order valence-electron chi connectivity index (χ1n) is 12.8. The Bertz CT molecular complexity index is 1600. The van der Waals surface area contributed by atoms with Crippen molar-refractivity contribution < 1.29 is 28.2 Å². The zero-order valence-corrected chi connectivity index (χ0v) is 21.1. The number of rotatable bonds is 4. The Labute approximate surface area is 222 Å². The van der Waals surface area contributed by atoms with E-state index in [1.165, 1.54) is 0 Å². The lowest BCUT2D eigenvalue weighted by atomic mass is 10.0. The molecule has 7 rings (SSSR count). The molecule has 1 aliphatic carbocycles. The molecule has 9 heteroatoms. The zero-order valence-electron chi connectivity index (χ0n) is 20.4. The maximum absolute atomic E-state index is 15.7. The van der Waals surface area contributed by atoms with Crippen molar-refractivity contribution >= 4 is 28.7 Å². The van der Waals surface area contributed by atoms with Crippen molar-refractivity contribution in [2.75, 3.05) is 26.3 Å². The molecule has 3 aromatic carbocycles. The van der Waals surface area contributed by atoms with Gasteiger partial charge in [-0.1, -0.05) is 29.8 Å². The second-order valence-electron chi connectivity index (χ2n) is 10.0. The Morgan fingerprint density at radius 2 is 1.89 bits per heavy atom. The SMILES string of the molecule is O=C(O)[C@@H]1CCN([C@@H]2CCc3c2cc2nc(-c4cccc(-c5ccc6c(c5)OCCO6)c4Cl)oc2c3F)C1. The van der Waals surface area contributed by atoms with Crippen LogP contribution in [0.4, 0.5) is 4.39 Å². The van der Waals surface area contributed by atoms with Crippen LogP contribution >= 0.6 is 11.6 Å². The number of carboxylic acid groups (broad SMARTS) is 1. The van der Waals surface area contributed by atoms with Crippen molar-refractivity contribution in [3.8, 4) is 34.1 Å². The lowest BCUT2D eigenvalue weighted by molar-refractivity contribution is -0.141. The zero-order chi connectivity index (χ0) is 26.0. The van der Waals surface area contributed by atoms with Crippen LogP contribution in [0.2, 0.25) is 5.02 Å². The summed E-state index contributed by atoms with van der Waals surface area (Å²) in [5.74, 6) is 0.0533. The Morgan fingerprint density at radius 1 is 1.08 bits per heavy atom. The standard InChI is InChI=1S/C29H24ClFN2O5/c30-25-17(15-4-7-23-24(12-15)37-11-10-36-23)2-1-3-19(25)28-32-21-13-20-18(26(31)27(21)38-28)5-6-22(20)33-9-8-16(14-33)29(34)35/h1-4,7,12-13,16,22H,5-6,8-11,14H2,(H,34,35)/t16-,22-/m1/s1. The first-order valence-corrected chi connectivity index (χ1v) is 13.1. The summed E-state index contributed by atoms with van der Waals surface area (Å²) < 4.78 is 33.0. The molecule has 1 N–H and O–H groups in total. The van der Waals surface area contributed by atoms with Crippen molar-refractivity contribution in [2.45, 2.75) is 25.3 Å². The minimum atomic E-state index is -0.774. The summed E-state index contributed by atoms with van der Waals surface area (Å²) in [7, 11) is 0. The summed E-state index contributed by atoms with van der Waals surface area (Å²) in [5.41, 5.74) is 4.24. The highest BCUT2D eigenvalue weighted by atomic mass is 35.5. The molecule has 1 saturated heterocycles. The molecule has 0 saturated carbocycles. The Hall–Kier alpha value is -3.62. The second-order valence-corrected chi connectivity index (χ2v) is 10.4. The summed E-state index contributed by atoms with van der Waals surface area (Å²) in [6.45, 7) is 2.17. The first kappa shape index (κ1) is 23.5. The lowest BCUT2D eigenvalue weighted by Crippen LogP contribution is -2.26. The number of carboxylic acids is 1. The minimum absolute atomic E-state index is 0.0180. The number of carbonyl (C=O) groups is 1. The van der Waals surface area contributed by atoms with E-state index in [0.717, 1.165) is 23.1 Å². The molecule has 0 radical (unpaired) electrons. The van der Waals surface area contributed by atoms with Gasteiger partial charge < -0.3 is 19.0 Å². The van der Waals surface area contributed by atoms with Gasteiger partial charge in [-0.15, -0.1) is 0 Å². The van der Waals surface area contributed by atoms with Crippen LogP contribution in [-0.4, -0.2) is 47.3 Å². The topological polar surface area (TPSA) is 85.0 Å². The molecule has 1 aromatic heterocycles. The van der Waals surface area contributed by atoms with Crippen molar-refractivity contribution in [1.82, 2.24) is 9.88 Å². The van der Waals surface area contributed by atoms with Crippen molar-refractivity contribution in [2.24, 2.45) is 5.92 Å². The molecular weight excluding hydrogens is 511 g/mol. The van der Waals surface area contributed by atoms with E-state index in [-0.39, 0.29) is 23.4 Å². The van der Waals surface area contributed by atoms with Crippen molar-refractivity contribution in [1.29, 1.82) is 0 Å². The van der Waals surface area contributed by atoms with Gasteiger partial charge in [0.2, 0.25) is 5.89 Å². The highest BCUT2D eigenvalue weighted by Crippen LogP contribution is 2.44. The Kier molecular flexibility index (Phi) is 5.56. The number of halogens is 2. The van der Waals surface area contributed by atoms with Crippen molar-refractivity contribution in [3.05, 3.63) is 64.4 Å². The van der Waals surface area contributed by atoms with Gasteiger partial charge in [0.05, 0.1) is 16.5 Å². The summed E-state index contributed by atoms with van der Waals surface area (Å²) >= 11 is 6.86. The van der Waals surface area contributed by atoms with E-state index in [9.17, 15) is 9.90 Å². The van der Waals surface area contributed by atoms with Gasteiger partial charge in [0.15, 0.2) is 22.9 Å². The number of aliphatic carboxylic acids is 1. The number of fused-ring (bicyclic) bond motifs is 3. The molecule has 1 fully saturated rings. The fraction of sp³-hybridized carbons (Fsp3) is 0.310. The van der Waals surface area contributed by atoms with Crippen LogP contribution in [0.25, 0.3) is 33.7 Å². The molecule has 3 aliphatic rings. The van der Waals surface area contributed by atoms with E-state index in [0.29, 0.717) is 72.3 Å². The van der Waals surface area contributed by atoms with Gasteiger partial charge in [0.1, 0.15) is 18.7 Å². The molecule has 0 spiro atoms. The number of benzene rings is 3. The predicted molar refractivity (Wildman–Crippen MR) is 139 cm³/mol. The highest BCUT2D eigenvalue weighted by Gasteiger charge is 2.37. The summed E-state index contributed by atoms with van der Waals surface area (Å²) in [6, 6.07) is 13.1. The molecule has 38 heavy (non-hydrogen) atoms. The number of oxazole rings is 1. The maximum Gasteiger partial charge on any atom is 0.307 e. The number of aromatic nitrogens is 1. The fourth-order valence-electron chi connectivity index (χ4n) is 5.97. The van der Waals surface area contributed by atoms with Crippen LogP contribution in [0.1, 0.15) is 30.0 Å². The van der Waals surface area contributed by atoms with Crippen LogP contribution in [0, 0.1) is 11.7 Å². The average molecular weight is 535 g/mol. The normalized spacial score (nSPS) is 20.7. The van der Waals surface area contributed by atoms with E-state index in [1.54, 1.807) is 6.07 Å². The van der Waals surface area contributed by atoms with Gasteiger partial charge in [-0.3, -0.25) is 9.69 Å². The van der Waals surface area contributed by atoms with E-state index < -0.39 is 11.8 Å². The van der Waals surface area contributed by atoms with Crippen LogP contribution in [0.15, 0.2) is 46.9 Å². The van der Waals surface area contributed by atoms with E-state index in [1.807, 2.05) is 36.4 Å². The van der Waals surface area contributed by atoms with Gasteiger partial charge in [-0.25, -0.2) is 9.37 Å². The van der Waals surface area contributed by atoms with Gasteiger partial charge >= 0.3 is 5.97 Å². The number of likely N-dealkylation sites (tertiary alicyclic amines) is 1. The molecule has 0 amide bonds. The second kappa shape index (κ2) is 8.99. The van der Waals surface area contributed by atoms with Crippen LogP contribution in [-0.2, 0) is 11.2 Å². The molecule has 0 bridgehead atoms. The van der Waals surface area contributed by atoms with Gasteiger partial charge in [-0.05, 0) is 66.8 Å². The third-order valence-corrected chi connectivity index (χ3v) is 8.28. The van der Waals surface area contributed by atoms with E-state index in [2.05, 4.69) is 9.88 Å². The Morgan fingerprint density at radius 3 is 2.71 bits per heavy atom. The largest absolute Gasteiger partial charge is 0.486 e. The molecule has 4 aromatic rings. The number of nitrogens with zero attached hydrogens (tertiary/aromatic N) is 2. The third kappa shape index (κ3) is 3.74. The van der Waals surface area contributed by atoms with Crippen molar-refractivity contribution in [3.63, 3.8) is 0 Å². The summed E-state index contributed by atoms with van der Waals surface area (Å²) in [4.78, 5) is 18.2. The molecule has 2 atom stereocenters. The highest BCUT2D eigenvalue weighted by molar-refractivity contribution is 6.36. The number of hydrogen-bond acceptors (Lipinski definition) is 6. The summed E-state index contributed by atoms with van der Waals surface area (Å²) in [5, 5.41) is 9.84. The Balaban J connectivity index is 1.25. The van der Waals surface area contributed by atoms with E-state index >= 15 is 4.39 Å². The maximum atomic E-state index is 15.7. The quantitative estimate of drug-likeness (QED) is 0.337. The first-order chi connectivity index (χ1) is 18.5. The fourth-order valence-corrected chi connectivity index (χ4v) is 6.29. The minimum Gasteiger partial charge on any atom is -0.486 e. The monoisotopic (exact) mass is 534 g/mol. The number of ether oxygens (including phenoxy) is 2. The van der Waals surface area contributed by atoms with Gasteiger partial charge in [0.25, 0.3) is 0 Å². The number of hydrogen-bond donors (Lipinski definition) is 1. The van der Waals surface area contributed by atoms with Crippen LogP contribution in [0.3, 0.4) is 0 Å². The summed E-state index contributed by atoms with van der Waals surface area (Å²) in [6.07, 6.45) is 1.94. The molecule has 194 valence electrons. The molecule has 0 unspecified atom stereocenters. The molecular formula is C29H24ClFN2O5. The van der Waals surface area contributed by atoms with Crippen LogP contribution in [0.5, 0.6) is 11.5 Å². The van der Waals surface area contributed by atoms with E-state index in [4.69, 9.17) is 25.5 Å². The average Bonchev–Trinajstić information content (AvgIpc) is 3.67. The predicted octanol–water partition coefficient (Wildman–Crippen LogP) is 6.12. The van der Waals surface area contributed by atoms with Crippen LogP contribution < -0.4 is 9.47 Å². The smallest absolute Gasteiger partial charge is 0.307 e. The third-order valence-electron chi connectivity index (χ3n) is 7.88. The lowest BCUT2D eigenvalue weighted by Gasteiger charge is -2.24.